The summed E-state index contributed by atoms with van der Waals surface area (Å²) in [5.74, 6) is 1.11. The second kappa shape index (κ2) is 7.08. The van der Waals surface area contributed by atoms with Gasteiger partial charge in [-0.15, -0.1) is 0 Å². The Labute approximate surface area is 140 Å². The van der Waals surface area contributed by atoms with Crippen molar-refractivity contribution in [2.75, 3.05) is 33.4 Å². The molecule has 0 aromatic carbocycles. The highest BCUT2D eigenvalue weighted by Gasteiger charge is 2.49. The van der Waals surface area contributed by atoms with Crippen molar-refractivity contribution < 1.29 is 14.3 Å². The first-order valence-corrected chi connectivity index (χ1v) is 9.25. The summed E-state index contributed by atoms with van der Waals surface area (Å²) < 4.78 is 11.8. The van der Waals surface area contributed by atoms with Gasteiger partial charge in [-0.2, -0.15) is 0 Å². The Morgan fingerprint density at radius 3 is 2.78 bits per heavy atom. The Balaban J connectivity index is 1.57. The summed E-state index contributed by atoms with van der Waals surface area (Å²) in [6.07, 6.45) is 5.06. The normalized spacial score (nSPS) is 33.8. The molecule has 0 aromatic heterocycles. The maximum absolute atomic E-state index is 12.5. The number of carbonyl (C=O) groups excluding carboxylic acids is 1. The van der Waals surface area contributed by atoms with Crippen LogP contribution in [0.3, 0.4) is 0 Å². The lowest BCUT2D eigenvalue weighted by atomic mass is 9.72. The van der Waals surface area contributed by atoms with Gasteiger partial charge in [0.25, 0.3) is 0 Å². The molecule has 2 heterocycles. The molecular formula is C18H32N2O3. The fourth-order valence-electron chi connectivity index (χ4n) is 4.56. The molecule has 5 nitrogen and oxygen atoms in total. The van der Waals surface area contributed by atoms with Crippen LogP contribution in [0.2, 0.25) is 0 Å². The maximum Gasteiger partial charge on any atom is 0.224 e. The fourth-order valence-corrected chi connectivity index (χ4v) is 4.56. The van der Waals surface area contributed by atoms with Crippen molar-refractivity contribution in [1.82, 2.24) is 10.2 Å². The van der Waals surface area contributed by atoms with Gasteiger partial charge in [0.15, 0.2) is 5.79 Å². The van der Waals surface area contributed by atoms with Crippen molar-refractivity contribution in [1.29, 1.82) is 0 Å². The van der Waals surface area contributed by atoms with E-state index >= 15 is 0 Å². The lowest BCUT2D eigenvalue weighted by Crippen LogP contribution is -2.55. The number of likely N-dealkylation sites (tertiary alicyclic amines) is 1. The summed E-state index contributed by atoms with van der Waals surface area (Å²) in [5, 5.41) is 3.13. The first-order chi connectivity index (χ1) is 11.0. The van der Waals surface area contributed by atoms with E-state index in [1.54, 1.807) is 0 Å². The van der Waals surface area contributed by atoms with Gasteiger partial charge in [-0.3, -0.25) is 4.79 Å². The fraction of sp³-hybridized carbons (Fsp3) is 0.944. The van der Waals surface area contributed by atoms with Gasteiger partial charge < -0.3 is 19.7 Å². The molecule has 1 aliphatic carbocycles. The van der Waals surface area contributed by atoms with Crippen LogP contribution in [0.25, 0.3) is 0 Å². The van der Waals surface area contributed by atoms with Crippen molar-refractivity contribution >= 4 is 5.91 Å². The van der Waals surface area contributed by atoms with Gasteiger partial charge in [0.1, 0.15) is 0 Å². The third kappa shape index (κ3) is 3.89. The molecule has 1 amide bonds. The molecule has 0 radical (unpaired) electrons. The number of hydrogen-bond donors (Lipinski definition) is 1. The zero-order valence-corrected chi connectivity index (χ0v) is 14.8. The van der Waals surface area contributed by atoms with E-state index in [2.05, 4.69) is 31.1 Å². The number of carbonyl (C=O) groups is 1. The monoisotopic (exact) mass is 324 g/mol. The molecule has 5 heteroatoms. The van der Waals surface area contributed by atoms with Crippen LogP contribution in [0.15, 0.2) is 0 Å². The molecule has 23 heavy (non-hydrogen) atoms. The van der Waals surface area contributed by atoms with Gasteiger partial charge in [0, 0.05) is 32.0 Å². The SMILES string of the molecule is CC(C)CCNC(=O)[C@@H]1CC2CC3(CC[C@H]2N(C)C1)OCCO3. The van der Waals surface area contributed by atoms with E-state index in [1.807, 2.05) is 0 Å². The van der Waals surface area contributed by atoms with Crippen molar-refractivity contribution in [3.05, 3.63) is 0 Å². The average molecular weight is 324 g/mol. The van der Waals surface area contributed by atoms with E-state index in [0.717, 1.165) is 45.2 Å². The minimum absolute atomic E-state index is 0.102. The highest BCUT2D eigenvalue weighted by Crippen LogP contribution is 2.44. The second-order valence-electron chi connectivity index (χ2n) is 8.02. The Morgan fingerprint density at radius 2 is 2.09 bits per heavy atom. The number of nitrogens with zero attached hydrogens (tertiary/aromatic N) is 1. The Hall–Kier alpha value is -0.650. The third-order valence-electron chi connectivity index (χ3n) is 5.81. The molecule has 0 bridgehead atoms. The summed E-state index contributed by atoms with van der Waals surface area (Å²) in [6.45, 7) is 7.48. The third-order valence-corrected chi connectivity index (χ3v) is 5.81. The summed E-state index contributed by atoms with van der Waals surface area (Å²) in [7, 11) is 2.17. The molecule has 3 aliphatic rings. The molecule has 3 atom stereocenters. The highest BCUT2D eigenvalue weighted by molar-refractivity contribution is 5.79. The predicted octanol–water partition coefficient (Wildman–Crippen LogP) is 2.01. The zero-order valence-electron chi connectivity index (χ0n) is 14.8. The van der Waals surface area contributed by atoms with Gasteiger partial charge in [-0.25, -0.2) is 0 Å². The van der Waals surface area contributed by atoms with E-state index in [-0.39, 0.29) is 17.6 Å². The van der Waals surface area contributed by atoms with Gasteiger partial charge in [-0.05, 0) is 38.1 Å². The van der Waals surface area contributed by atoms with E-state index in [1.165, 1.54) is 0 Å². The van der Waals surface area contributed by atoms with Crippen LogP contribution >= 0.6 is 0 Å². The van der Waals surface area contributed by atoms with Crippen molar-refractivity contribution in [2.45, 2.75) is 57.8 Å². The molecule has 2 aliphatic heterocycles. The summed E-state index contributed by atoms with van der Waals surface area (Å²) in [4.78, 5) is 14.9. The Kier molecular flexibility index (Phi) is 5.29. The number of nitrogens with one attached hydrogen (secondary N) is 1. The van der Waals surface area contributed by atoms with Crippen LogP contribution in [-0.2, 0) is 14.3 Å². The van der Waals surface area contributed by atoms with Crippen LogP contribution in [0.5, 0.6) is 0 Å². The molecule has 132 valence electrons. The Morgan fingerprint density at radius 1 is 1.35 bits per heavy atom. The van der Waals surface area contributed by atoms with Gasteiger partial charge in [-0.1, -0.05) is 13.8 Å². The Bertz CT molecular complexity index is 420. The number of piperidine rings is 1. The van der Waals surface area contributed by atoms with E-state index in [0.29, 0.717) is 31.1 Å². The first kappa shape index (κ1) is 17.2. The topological polar surface area (TPSA) is 50.8 Å². The molecule has 1 N–H and O–H groups in total. The van der Waals surface area contributed by atoms with Crippen LogP contribution < -0.4 is 5.32 Å². The van der Waals surface area contributed by atoms with Gasteiger partial charge >= 0.3 is 0 Å². The second-order valence-corrected chi connectivity index (χ2v) is 8.02. The van der Waals surface area contributed by atoms with Crippen LogP contribution in [-0.4, -0.2) is 56.0 Å². The number of fused-ring (bicyclic) bond motifs is 1. The molecule has 2 saturated heterocycles. The molecule has 3 rings (SSSR count). The average Bonchev–Trinajstić information content (AvgIpc) is 2.94. The highest BCUT2D eigenvalue weighted by atomic mass is 16.7. The molecule has 0 aromatic rings. The lowest BCUT2D eigenvalue weighted by molar-refractivity contribution is -0.202. The first-order valence-electron chi connectivity index (χ1n) is 9.25. The number of hydrogen-bond acceptors (Lipinski definition) is 4. The van der Waals surface area contributed by atoms with E-state index in [9.17, 15) is 4.79 Å². The lowest BCUT2D eigenvalue weighted by Gasteiger charge is -2.49. The molecule has 1 spiro atoms. The molecule has 1 unspecified atom stereocenters. The number of amides is 1. The summed E-state index contributed by atoms with van der Waals surface area (Å²) in [6, 6.07) is 0.577. The number of rotatable bonds is 4. The molecule has 3 fully saturated rings. The van der Waals surface area contributed by atoms with Crippen molar-refractivity contribution in [3.63, 3.8) is 0 Å². The standard InChI is InChI=1S/C18H32N2O3/c1-13(2)5-7-19-17(21)15-10-14-11-18(22-8-9-23-18)6-4-16(14)20(3)12-15/h13-16H,4-12H2,1-3H3,(H,19,21)/t14?,15-,16-/m1/s1. The summed E-state index contributed by atoms with van der Waals surface area (Å²) >= 11 is 0. The predicted molar refractivity (Wildman–Crippen MR) is 89.0 cm³/mol. The quantitative estimate of drug-likeness (QED) is 0.859. The molecular weight excluding hydrogens is 292 g/mol. The zero-order chi connectivity index (χ0) is 16.4. The van der Waals surface area contributed by atoms with Gasteiger partial charge in [0.2, 0.25) is 5.91 Å². The number of ether oxygens (including phenoxy) is 2. The van der Waals surface area contributed by atoms with E-state index < -0.39 is 0 Å². The maximum atomic E-state index is 12.5. The van der Waals surface area contributed by atoms with Crippen LogP contribution in [0.1, 0.15) is 46.0 Å². The van der Waals surface area contributed by atoms with E-state index in [4.69, 9.17) is 9.47 Å². The largest absolute Gasteiger partial charge is 0.356 e. The summed E-state index contributed by atoms with van der Waals surface area (Å²) in [5.41, 5.74) is 0. The minimum atomic E-state index is -0.349. The van der Waals surface area contributed by atoms with Gasteiger partial charge in [0.05, 0.1) is 19.1 Å². The smallest absolute Gasteiger partial charge is 0.224 e. The van der Waals surface area contributed by atoms with Crippen LogP contribution in [0.4, 0.5) is 0 Å². The minimum Gasteiger partial charge on any atom is -0.356 e. The van der Waals surface area contributed by atoms with Crippen molar-refractivity contribution in [3.8, 4) is 0 Å². The van der Waals surface area contributed by atoms with Crippen LogP contribution in [0, 0.1) is 17.8 Å². The molecule has 1 saturated carbocycles. The van der Waals surface area contributed by atoms with Crippen molar-refractivity contribution in [2.24, 2.45) is 17.8 Å².